The van der Waals surface area contributed by atoms with Gasteiger partial charge in [0.2, 0.25) is 0 Å². The Morgan fingerprint density at radius 1 is 2.00 bits per heavy atom. The maximum absolute atomic E-state index is 8.87. The van der Waals surface area contributed by atoms with Crippen molar-refractivity contribution in [3.8, 4) is 6.15 Å². The van der Waals surface area contributed by atoms with Crippen molar-refractivity contribution in [1.29, 1.82) is 0 Å². The predicted octanol–water partition coefficient (Wildman–Crippen LogP) is 0.722. The van der Waals surface area contributed by atoms with E-state index in [0.29, 0.717) is 0 Å². The zero-order valence-corrected chi connectivity index (χ0v) is 5.42. The molecule has 0 aromatic rings. The van der Waals surface area contributed by atoms with Gasteiger partial charge in [0.05, 0.1) is 0 Å². The van der Waals surface area contributed by atoms with Gasteiger partial charge < -0.3 is 0 Å². The molecule has 0 heterocycles. The first-order valence-corrected chi connectivity index (χ1v) is 0.826. The average Bonchev–Trinajstić information content (AvgIpc) is 1.37. The Balaban J connectivity index is -0.00000000750. The molecule has 0 aliphatic rings. The van der Waals surface area contributed by atoms with Crippen LogP contribution in [0.5, 0.6) is 0 Å². The molecule has 2 heteroatoms. The minimum atomic E-state index is 0. The molecule has 0 saturated heterocycles. The van der Waals surface area contributed by atoms with E-state index in [4.69, 9.17) is 4.65 Å². The van der Waals surface area contributed by atoms with E-state index in [1.54, 1.807) is 0 Å². The van der Waals surface area contributed by atoms with E-state index in [9.17, 15) is 0 Å². The minimum absolute atomic E-state index is 0. The molecule has 0 aliphatic heterocycles. The number of hydrogen-bond donors (Lipinski definition) is 0. The summed E-state index contributed by atoms with van der Waals surface area (Å²) in [6.07, 6.45) is 2.15. The topological polar surface area (TPSA) is 19.9 Å². The Bertz CT molecular complexity index is 60.0. The molecule has 0 fully saturated rings. The molecule has 5 heavy (non-hydrogen) atoms. The summed E-state index contributed by atoms with van der Waals surface area (Å²) < 4.78 is 8.87. The second-order valence-electron chi connectivity index (χ2n) is 0.285. The van der Waals surface area contributed by atoms with Crippen LogP contribution < -0.4 is 0 Å². The van der Waals surface area contributed by atoms with Crippen LogP contribution >= 0.6 is 0 Å². The summed E-state index contributed by atoms with van der Waals surface area (Å²) in [5.41, 5.74) is 0. The molecular weight excluding hydrogens is 171 g/mol. The summed E-state index contributed by atoms with van der Waals surface area (Å²) >= 11 is 0. The van der Waals surface area contributed by atoms with Crippen LogP contribution in [0.1, 0.15) is 4.28 Å². The average molecular weight is 179 g/mol. The predicted molar refractivity (Wildman–Crippen MR) is 25.5 cm³/mol. The molecule has 0 atom stereocenters. The summed E-state index contributed by atoms with van der Waals surface area (Å²) in [5, 5.41) is 0. The van der Waals surface area contributed by atoms with E-state index in [2.05, 4.69) is 6.58 Å². The first-order chi connectivity index (χ1) is 1.91. The quantitative estimate of drug-likeness (QED) is 0.296. The largest absolute Gasteiger partial charge is 0 e. The van der Waals surface area contributed by atoms with Crippen molar-refractivity contribution in [2.75, 3.05) is 0 Å². The van der Waals surface area contributed by atoms with Gasteiger partial charge in [-0.3, -0.25) is 0 Å². The number of allylic oxidation sites excluding steroid dienone is 1. The van der Waals surface area contributed by atoms with E-state index in [1.807, 2.05) is 0 Å². The molecule has 4 radical (unpaired) electrons. The van der Waals surface area contributed by atoms with Gasteiger partial charge in [0.1, 0.15) is 0 Å². The van der Waals surface area contributed by atoms with Gasteiger partial charge in [-0.05, 0) is 0 Å². The Morgan fingerprint density at radius 3 is 2.20 bits per heavy atom. The molecule has 0 N–H and O–H groups in total. The SMILES string of the molecule is [CH-]=CC#[O+].[HH].[HH].[HH].[Sn]. The first-order valence-electron chi connectivity index (χ1n) is 0.826. The van der Waals surface area contributed by atoms with Crippen molar-refractivity contribution in [2.24, 2.45) is 0 Å². The van der Waals surface area contributed by atoms with E-state index in [-0.39, 0.29) is 28.2 Å². The van der Waals surface area contributed by atoms with Gasteiger partial charge in [-0.25, -0.2) is 0 Å². The zero-order valence-electron chi connectivity index (χ0n) is 2.56. The van der Waals surface area contributed by atoms with E-state index in [0.717, 1.165) is 6.08 Å². The monoisotopic (exact) mass is 180 g/mol. The molecule has 30 valence electrons. The standard InChI is InChI=1S/C3H2O.Sn.3H2/c1-2-3-4;;;;/h1-2H;;3*1H. The molecule has 0 spiro atoms. The van der Waals surface area contributed by atoms with Crippen molar-refractivity contribution in [2.45, 2.75) is 0 Å². The van der Waals surface area contributed by atoms with Crippen LogP contribution in [0.2, 0.25) is 0 Å². The van der Waals surface area contributed by atoms with Crippen molar-refractivity contribution < 1.29 is 8.93 Å². The van der Waals surface area contributed by atoms with Crippen LogP contribution in [0.3, 0.4) is 0 Å². The normalized spacial score (nSPS) is 3.00. The maximum Gasteiger partial charge on any atom is 0 e. The Hall–Kier alpha value is 0.279. The maximum atomic E-state index is 8.87. The molecule has 0 saturated carbocycles. The third-order valence-corrected chi connectivity index (χ3v) is 0.0680. The fraction of sp³-hybridized carbons (Fsp3) is 0. The first kappa shape index (κ1) is 8.99. The molecule has 0 bridgehead atoms. The Kier molecular flexibility index (Phi) is 15.9. The van der Waals surface area contributed by atoms with Crippen molar-refractivity contribution in [3.05, 3.63) is 12.7 Å². The molecular formula is C3H8OSn. The van der Waals surface area contributed by atoms with Crippen LogP contribution in [-0.2, 0) is 4.65 Å². The van der Waals surface area contributed by atoms with Crippen LogP contribution in [0.4, 0.5) is 0 Å². The van der Waals surface area contributed by atoms with Gasteiger partial charge in [0, 0.05) is 28.2 Å². The third kappa shape index (κ3) is 13.6. The molecule has 1 nitrogen and oxygen atoms in total. The van der Waals surface area contributed by atoms with Gasteiger partial charge in [-0.15, -0.1) is 0 Å². The van der Waals surface area contributed by atoms with Crippen molar-refractivity contribution >= 4 is 23.9 Å². The van der Waals surface area contributed by atoms with Gasteiger partial charge in [-0.2, -0.15) is 0 Å². The fourth-order valence-corrected chi connectivity index (χ4v) is 0. The molecule has 0 aliphatic carbocycles. The van der Waals surface area contributed by atoms with E-state index in [1.165, 1.54) is 6.15 Å². The Labute approximate surface area is 52.2 Å². The molecule has 0 aromatic carbocycles. The van der Waals surface area contributed by atoms with E-state index >= 15 is 0 Å². The summed E-state index contributed by atoms with van der Waals surface area (Å²) in [5.74, 6) is 0. The fourth-order valence-electron chi connectivity index (χ4n) is 0. The van der Waals surface area contributed by atoms with Gasteiger partial charge in [0.15, 0.2) is 0 Å². The van der Waals surface area contributed by atoms with Crippen LogP contribution in [0.15, 0.2) is 6.08 Å². The third-order valence-electron chi connectivity index (χ3n) is 0.0680. The van der Waals surface area contributed by atoms with Crippen LogP contribution in [-0.4, -0.2) is 23.9 Å². The summed E-state index contributed by atoms with van der Waals surface area (Å²) in [4.78, 5) is 0. The molecule has 0 aromatic heterocycles. The minimum Gasteiger partial charge on any atom is 0 e. The second kappa shape index (κ2) is 8.86. The molecule has 0 amide bonds. The smallest absolute Gasteiger partial charge is 0 e. The van der Waals surface area contributed by atoms with E-state index < -0.39 is 0 Å². The van der Waals surface area contributed by atoms with Gasteiger partial charge in [0.25, 0.3) is 0 Å². The molecule has 0 unspecified atom stereocenters. The summed E-state index contributed by atoms with van der Waals surface area (Å²) in [6.45, 7) is 4.48. The van der Waals surface area contributed by atoms with Gasteiger partial charge >= 0.3 is 23.5 Å². The number of rotatable bonds is 0. The number of hydrogen-bond acceptors (Lipinski definition) is 0. The second-order valence-corrected chi connectivity index (χ2v) is 0.285. The molecule has 0 rings (SSSR count). The van der Waals surface area contributed by atoms with Crippen molar-refractivity contribution in [3.63, 3.8) is 0 Å². The van der Waals surface area contributed by atoms with Crippen LogP contribution in [0.25, 0.3) is 0 Å². The summed E-state index contributed by atoms with van der Waals surface area (Å²) in [7, 11) is 0. The zero-order chi connectivity index (χ0) is 3.41. The summed E-state index contributed by atoms with van der Waals surface area (Å²) in [6, 6.07) is 0. The van der Waals surface area contributed by atoms with Crippen molar-refractivity contribution in [1.82, 2.24) is 0 Å². The van der Waals surface area contributed by atoms with Crippen LogP contribution in [0, 0.1) is 12.7 Å². The van der Waals surface area contributed by atoms with Gasteiger partial charge in [-0.1, -0.05) is 0 Å². The Morgan fingerprint density at radius 2 is 2.20 bits per heavy atom.